The van der Waals surface area contributed by atoms with Crippen LogP contribution >= 0.6 is 22.7 Å². The highest BCUT2D eigenvalue weighted by Crippen LogP contribution is 2.24. The zero-order valence-corrected chi connectivity index (χ0v) is 10.5. The number of aromatic carboxylic acids is 1. The van der Waals surface area contributed by atoms with Gasteiger partial charge in [0.1, 0.15) is 4.88 Å². The fourth-order valence-corrected chi connectivity index (χ4v) is 2.87. The van der Waals surface area contributed by atoms with Crippen molar-refractivity contribution < 1.29 is 14.7 Å². The molecule has 6 heteroatoms. The molecule has 2 rings (SSSR count). The summed E-state index contributed by atoms with van der Waals surface area (Å²) in [5.74, 6) is -1.29. The second-order valence-corrected chi connectivity index (χ2v) is 5.19. The molecule has 0 aliphatic heterocycles. The lowest BCUT2D eigenvalue weighted by atomic mass is 10.2. The van der Waals surface area contributed by atoms with Gasteiger partial charge in [0.05, 0.1) is 10.6 Å². The third-order valence-electron chi connectivity index (χ3n) is 2.18. The minimum absolute atomic E-state index is 0.146. The van der Waals surface area contributed by atoms with Gasteiger partial charge in [0.15, 0.2) is 0 Å². The molecule has 1 amide bonds. The largest absolute Gasteiger partial charge is 0.477 e. The van der Waals surface area contributed by atoms with Crippen molar-refractivity contribution in [2.75, 3.05) is 5.32 Å². The SMILES string of the molecule is Cc1ccsc1C(=O)Nc1ccsc1C(=O)O. The molecule has 0 spiro atoms. The Hall–Kier alpha value is -1.66. The molecular formula is C11H9NO3S2. The smallest absolute Gasteiger partial charge is 0.348 e. The van der Waals surface area contributed by atoms with E-state index in [-0.39, 0.29) is 10.8 Å². The highest BCUT2D eigenvalue weighted by molar-refractivity contribution is 7.13. The van der Waals surface area contributed by atoms with Gasteiger partial charge in [-0.15, -0.1) is 22.7 Å². The first-order chi connectivity index (χ1) is 8.09. The van der Waals surface area contributed by atoms with Gasteiger partial charge in [-0.3, -0.25) is 4.79 Å². The van der Waals surface area contributed by atoms with Crippen molar-refractivity contribution in [1.29, 1.82) is 0 Å². The molecule has 0 aliphatic carbocycles. The molecule has 0 saturated heterocycles. The molecule has 4 nitrogen and oxygen atoms in total. The van der Waals surface area contributed by atoms with Gasteiger partial charge < -0.3 is 10.4 Å². The Balaban J connectivity index is 2.22. The lowest BCUT2D eigenvalue weighted by Gasteiger charge is -2.03. The summed E-state index contributed by atoms with van der Waals surface area (Å²) in [5, 5.41) is 15.0. The lowest BCUT2D eigenvalue weighted by molar-refractivity contribution is 0.0703. The number of carbonyl (C=O) groups is 2. The Morgan fingerprint density at radius 1 is 1.18 bits per heavy atom. The number of hydrogen-bond acceptors (Lipinski definition) is 4. The average molecular weight is 267 g/mol. The number of amides is 1. The zero-order chi connectivity index (χ0) is 12.4. The number of carboxylic acids is 1. The summed E-state index contributed by atoms with van der Waals surface area (Å²) in [6.07, 6.45) is 0. The number of rotatable bonds is 3. The molecule has 2 aromatic rings. The molecule has 2 N–H and O–H groups in total. The van der Waals surface area contributed by atoms with E-state index in [0.717, 1.165) is 16.9 Å². The van der Waals surface area contributed by atoms with Gasteiger partial charge in [-0.1, -0.05) is 0 Å². The van der Waals surface area contributed by atoms with Gasteiger partial charge in [0, 0.05) is 0 Å². The van der Waals surface area contributed by atoms with E-state index in [4.69, 9.17) is 5.11 Å². The summed E-state index contributed by atoms with van der Waals surface area (Å²) in [6.45, 7) is 1.84. The molecular weight excluding hydrogens is 258 g/mol. The maximum absolute atomic E-state index is 11.9. The second kappa shape index (κ2) is 4.68. The molecule has 0 unspecified atom stereocenters. The van der Waals surface area contributed by atoms with Crippen molar-refractivity contribution in [2.24, 2.45) is 0 Å². The van der Waals surface area contributed by atoms with Crippen LogP contribution < -0.4 is 5.32 Å². The molecule has 0 atom stereocenters. The lowest BCUT2D eigenvalue weighted by Crippen LogP contribution is -2.12. The van der Waals surface area contributed by atoms with Crippen molar-refractivity contribution in [3.8, 4) is 0 Å². The summed E-state index contributed by atoms with van der Waals surface area (Å²) in [7, 11) is 0. The van der Waals surface area contributed by atoms with E-state index in [1.165, 1.54) is 11.3 Å². The van der Waals surface area contributed by atoms with E-state index in [0.29, 0.717) is 10.6 Å². The highest BCUT2D eigenvalue weighted by Gasteiger charge is 2.16. The van der Waals surface area contributed by atoms with Gasteiger partial charge >= 0.3 is 5.97 Å². The van der Waals surface area contributed by atoms with Gasteiger partial charge in [-0.25, -0.2) is 4.79 Å². The van der Waals surface area contributed by atoms with Crippen LogP contribution in [0.4, 0.5) is 5.69 Å². The number of carbonyl (C=O) groups excluding carboxylic acids is 1. The van der Waals surface area contributed by atoms with Gasteiger partial charge in [0.25, 0.3) is 5.91 Å². The first-order valence-corrected chi connectivity index (χ1v) is 6.51. The van der Waals surface area contributed by atoms with E-state index < -0.39 is 5.97 Å². The second-order valence-electron chi connectivity index (χ2n) is 3.36. The highest BCUT2D eigenvalue weighted by atomic mass is 32.1. The van der Waals surface area contributed by atoms with Crippen LogP contribution in [0.1, 0.15) is 24.9 Å². The Morgan fingerprint density at radius 2 is 1.82 bits per heavy atom. The quantitative estimate of drug-likeness (QED) is 0.898. The molecule has 0 aliphatic rings. The molecule has 0 aromatic carbocycles. The first kappa shape index (κ1) is 11.8. The van der Waals surface area contributed by atoms with Crippen LogP contribution in [0.25, 0.3) is 0 Å². The van der Waals surface area contributed by atoms with E-state index in [2.05, 4.69) is 5.32 Å². The molecule has 88 valence electrons. The predicted molar refractivity (Wildman–Crippen MR) is 68.3 cm³/mol. The Kier molecular flexibility index (Phi) is 3.26. The van der Waals surface area contributed by atoms with E-state index >= 15 is 0 Å². The van der Waals surface area contributed by atoms with Gasteiger partial charge in [-0.2, -0.15) is 0 Å². The van der Waals surface area contributed by atoms with Crippen molar-refractivity contribution in [2.45, 2.75) is 6.92 Å². The van der Waals surface area contributed by atoms with Crippen molar-refractivity contribution in [3.05, 3.63) is 38.2 Å². The maximum atomic E-state index is 11.9. The maximum Gasteiger partial charge on any atom is 0.348 e. The molecule has 0 saturated carbocycles. The third kappa shape index (κ3) is 2.37. The minimum Gasteiger partial charge on any atom is -0.477 e. The van der Waals surface area contributed by atoms with Crippen LogP contribution in [0.5, 0.6) is 0 Å². The summed E-state index contributed by atoms with van der Waals surface area (Å²) in [4.78, 5) is 23.5. The Bertz CT molecular complexity index is 571. The van der Waals surface area contributed by atoms with Crippen molar-refractivity contribution >= 4 is 40.2 Å². The molecule has 0 fully saturated rings. The van der Waals surface area contributed by atoms with Gasteiger partial charge in [-0.05, 0) is 35.4 Å². The zero-order valence-electron chi connectivity index (χ0n) is 8.89. The number of carboxylic acid groups (broad SMARTS) is 1. The van der Waals surface area contributed by atoms with Crippen LogP contribution in [0.3, 0.4) is 0 Å². The molecule has 2 aromatic heterocycles. The van der Waals surface area contributed by atoms with Gasteiger partial charge in [0.2, 0.25) is 0 Å². The molecule has 0 radical (unpaired) electrons. The van der Waals surface area contributed by atoms with Crippen molar-refractivity contribution in [3.63, 3.8) is 0 Å². The van der Waals surface area contributed by atoms with Crippen LogP contribution in [0, 0.1) is 6.92 Å². The van der Waals surface area contributed by atoms with Crippen LogP contribution in [-0.2, 0) is 0 Å². The normalized spacial score (nSPS) is 10.2. The van der Waals surface area contributed by atoms with Crippen LogP contribution in [0.2, 0.25) is 0 Å². The Morgan fingerprint density at radius 3 is 2.41 bits per heavy atom. The van der Waals surface area contributed by atoms with E-state index in [9.17, 15) is 9.59 Å². The number of anilines is 1. The van der Waals surface area contributed by atoms with Crippen molar-refractivity contribution in [1.82, 2.24) is 0 Å². The summed E-state index contributed by atoms with van der Waals surface area (Å²) in [5.41, 5.74) is 1.24. The monoisotopic (exact) mass is 267 g/mol. The van der Waals surface area contributed by atoms with E-state index in [1.807, 2.05) is 18.4 Å². The summed E-state index contributed by atoms with van der Waals surface area (Å²) < 4.78 is 0. The number of nitrogens with one attached hydrogen (secondary N) is 1. The number of aryl methyl sites for hydroxylation is 1. The topological polar surface area (TPSA) is 66.4 Å². The summed E-state index contributed by atoms with van der Waals surface area (Å²) in [6, 6.07) is 3.44. The fourth-order valence-electron chi connectivity index (χ4n) is 1.36. The number of hydrogen-bond donors (Lipinski definition) is 2. The minimum atomic E-state index is -1.03. The molecule has 0 bridgehead atoms. The summed E-state index contributed by atoms with van der Waals surface area (Å²) >= 11 is 2.43. The third-order valence-corrected chi connectivity index (χ3v) is 4.09. The predicted octanol–water partition coefficient (Wildman–Crippen LogP) is 3.07. The Labute approximate surface area is 106 Å². The number of thiophene rings is 2. The van der Waals surface area contributed by atoms with E-state index in [1.54, 1.807) is 11.4 Å². The standard InChI is InChI=1S/C11H9NO3S2/c1-6-2-4-16-8(6)10(13)12-7-3-5-17-9(7)11(14)15/h2-5H,1H3,(H,12,13)(H,14,15). The average Bonchev–Trinajstić information content (AvgIpc) is 2.86. The van der Waals surface area contributed by atoms with Crippen LogP contribution in [0.15, 0.2) is 22.9 Å². The fraction of sp³-hybridized carbons (Fsp3) is 0.0909. The molecule has 2 heterocycles. The first-order valence-electron chi connectivity index (χ1n) is 4.76. The molecule has 17 heavy (non-hydrogen) atoms. The van der Waals surface area contributed by atoms with Crippen LogP contribution in [-0.4, -0.2) is 17.0 Å².